The van der Waals surface area contributed by atoms with Gasteiger partial charge in [-0.25, -0.2) is 0 Å². The average Bonchev–Trinajstić information content (AvgIpc) is 3.51. The molecular weight excluding hydrogens is 689 g/mol. The van der Waals surface area contributed by atoms with Gasteiger partial charge in [0.1, 0.15) is 5.58 Å². The minimum Gasteiger partial charge on any atom is -0.501 e. The van der Waals surface area contributed by atoms with E-state index in [9.17, 15) is 0 Å². The van der Waals surface area contributed by atoms with Crippen molar-refractivity contribution in [1.82, 2.24) is 19.5 Å². The number of furan rings is 1. The van der Waals surface area contributed by atoms with Gasteiger partial charge in [-0.15, -0.1) is 54.1 Å². The second-order valence-electron chi connectivity index (χ2n) is 10.5. The van der Waals surface area contributed by atoms with Gasteiger partial charge < -0.3 is 14.0 Å². The SMILES string of the molecule is C[Si](C)(C)c1ccc(-c2[c-]cccc2)nc1.Cn1c(-c2[c-]ccc3c2oc2ccccc23)nc2ccncc21.[Ir]. The number of nitrogens with zero attached hydrogens (tertiary/aromatic N) is 4. The van der Waals surface area contributed by atoms with E-state index in [1.165, 1.54) is 5.19 Å². The van der Waals surface area contributed by atoms with Crippen LogP contribution in [0.5, 0.6) is 0 Å². The van der Waals surface area contributed by atoms with Crippen LogP contribution in [0.25, 0.3) is 55.6 Å². The summed E-state index contributed by atoms with van der Waals surface area (Å²) >= 11 is 0. The van der Waals surface area contributed by atoms with Crippen LogP contribution in [0, 0.1) is 12.1 Å². The number of benzene rings is 3. The first kappa shape index (κ1) is 27.7. The predicted molar refractivity (Wildman–Crippen MR) is 162 cm³/mol. The van der Waals surface area contributed by atoms with Gasteiger partial charge in [0, 0.05) is 44.9 Å². The monoisotopic (exact) mass is 717 g/mol. The Morgan fingerprint density at radius 3 is 2.38 bits per heavy atom. The minimum absolute atomic E-state index is 0. The molecule has 0 fully saturated rings. The normalized spacial score (nSPS) is 11.3. The first-order valence-corrected chi connectivity index (χ1v) is 16.4. The average molecular weight is 717 g/mol. The predicted octanol–water partition coefficient (Wildman–Crippen LogP) is 7.43. The first-order valence-electron chi connectivity index (χ1n) is 12.9. The number of pyridine rings is 2. The summed E-state index contributed by atoms with van der Waals surface area (Å²) in [6.45, 7) is 7.00. The van der Waals surface area contributed by atoms with Crippen molar-refractivity contribution in [3.8, 4) is 22.6 Å². The van der Waals surface area contributed by atoms with Crippen molar-refractivity contribution in [2.75, 3.05) is 0 Å². The van der Waals surface area contributed by atoms with Crippen molar-refractivity contribution in [3.05, 3.63) is 110 Å². The summed E-state index contributed by atoms with van der Waals surface area (Å²) in [5.41, 5.74) is 6.54. The van der Waals surface area contributed by atoms with Crippen LogP contribution in [0.2, 0.25) is 19.6 Å². The Balaban J connectivity index is 0.000000168. The molecule has 0 spiro atoms. The van der Waals surface area contributed by atoms with Crippen LogP contribution >= 0.6 is 0 Å². The topological polar surface area (TPSA) is 56.7 Å². The fourth-order valence-corrected chi connectivity index (χ4v) is 5.70. The van der Waals surface area contributed by atoms with Gasteiger partial charge in [-0.2, -0.15) is 0 Å². The largest absolute Gasteiger partial charge is 0.501 e. The molecule has 7 heteroatoms. The molecule has 0 N–H and O–H groups in total. The van der Waals surface area contributed by atoms with Crippen molar-refractivity contribution >= 4 is 46.2 Å². The van der Waals surface area contributed by atoms with E-state index in [0.29, 0.717) is 0 Å². The third-order valence-electron chi connectivity index (χ3n) is 6.86. The van der Waals surface area contributed by atoms with Crippen molar-refractivity contribution in [2.24, 2.45) is 7.05 Å². The molecular formula is C33H28IrN4OSi-2. The van der Waals surface area contributed by atoms with Gasteiger partial charge in [-0.3, -0.25) is 9.97 Å². The Morgan fingerprint density at radius 1 is 0.825 bits per heavy atom. The summed E-state index contributed by atoms with van der Waals surface area (Å²) in [5, 5.41) is 3.59. The number of fused-ring (bicyclic) bond motifs is 4. The standard InChI is InChI=1S/C19H12N3O.C14H16NSi.Ir/c1-22-16-11-20-10-9-15(16)21-19(22)14-7-4-6-13-12-5-2-3-8-17(12)23-18(13)14;1-16(2,3)13-9-10-14(15-11-13)12-7-5-4-6-8-12;/h2-6,8-11H,1H3;4-7,9-11H,1-3H3;/q2*-1;. The number of hydrogen-bond acceptors (Lipinski definition) is 4. The maximum atomic E-state index is 6.09. The maximum Gasteiger partial charge on any atom is 0.120 e. The fraction of sp³-hybridized carbons (Fsp3) is 0.121. The second kappa shape index (κ2) is 11.3. The molecule has 0 atom stereocenters. The zero-order valence-corrected chi connectivity index (χ0v) is 26.2. The first-order chi connectivity index (χ1) is 18.9. The Labute approximate surface area is 248 Å². The third kappa shape index (κ3) is 5.28. The number of aromatic nitrogens is 4. The number of rotatable bonds is 3. The molecule has 3 aromatic carbocycles. The van der Waals surface area contributed by atoms with E-state index in [0.717, 1.165) is 55.6 Å². The Kier molecular flexibility index (Phi) is 7.81. The smallest absolute Gasteiger partial charge is 0.120 e. The van der Waals surface area contributed by atoms with E-state index in [1.807, 2.05) is 84.7 Å². The van der Waals surface area contributed by atoms with Crippen LogP contribution in [-0.2, 0) is 27.2 Å². The number of imidazole rings is 1. The van der Waals surface area contributed by atoms with Gasteiger partial charge in [0.25, 0.3) is 0 Å². The van der Waals surface area contributed by atoms with Crippen LogP contribution in [0.4, 0.5) is 0 Å². The number of hydrogen-bond donors (Lipinski definition) is 0. The van der Waals surface area contributed by atoms with Crippen LogP contribution in [-0.4, -0.2) is 27.6 Å². The van der Waals surface area contributed by atoms with Gasteiger partial charge in [0.05, 0.1) is 36.7 Å². The van der Waals surface area contributed by atoms with Gasteiger partial charge in [0.2, 0.25) is 0 Å². The quantitative estimate of drug-likeness (QED) is 0.141. The van der Waals surface area contributed by atoms with Crippen molar-refractivity contribution in [2.45, 2.75) is 19.6 Å². The maximum absolute atomic E-state index is 6.09. The van der Waals surface area contributed by atoms with Crippen LogP contribution in [0.15, 0.2) is 102 Å². The van der Waals surface area contributed by atoms with E-state index in [-0.39, 0.29) is 20.1 Å². The second-order valence-corrected chi connectivity index (χ2v) is 15.6. The molecule has 4 heterocycles. The van der Waals surface area contributed by atoms with Crippen LogP contribution < -0.4 is 5.19 Å². The molecule has 0 bridgehead atoms. The Hall–Kier alpha value is -3.90. The Bertz CT molecular complexity index is 1910. The third-order valence-corrected chi connectivity index (χ3v) is 8.89. The summed E-state index contributed by atoms with van der Waals surface area (Å²) < 4.78 is 8.12. The molecule has 0 amide bonds. The molecule has 7 aromatic rings. The summed E-state index contributed by atoms with van der Waals surface area (Å²) in [7, 11) is 0.758. The van der Waals surface area contributed by atoms with E-state index in [2.05, 4.69) is 59.9 Å². The molecule has 201 valence electrons. The van der Waals surface area contributed by atoms with Crippen LogP contribution in [0.3, 0.4) is 0 Å². The molecule has 4 aromatic heterocycles. The molecule has 0 saturated carbocycles. The van der Waals surface area contributed by atoms with Crippen LogP contribution in [0.1, 0.15) is 0 Å². The molecule has 7 rings (SSSR count). The zero-order valence-electron chi connectivity index (χ0n) is 22.8. The minimum atomic E-state index is -1.23. The van der Waals surface area contributed by atoms with E-state index < -0.39 is 8.07 Å². The molecule has 0 unspecified atom stereocenters. The van der Waals surface area contributed by atoms with E-state index in [4.69, 9.17) is 9.40 Å². The van der Waals surface area contributed by atoms with Crippen molar-refractivity contribution in [3.63, 3.8) is 0 Å². The van der Waals surface area contributed by atoms with E-state index >= 15 is 0 Å². The molecule has 0 aliphatic rings. The summed E-state index contributed by atoms with van der Waals surface area (Å²) in [6, 6.07) is 32.7. The van der Waals surface area contributed by atoms with Crippen molar-refractivity contribution in [1.29, 1.82) is 0 Å². The summed E-state index contributed by atoms with van der Waals surface area (Å²) in [5.74, 6) is 0.831. The molecule has 0 saturated heterocycles. The zero-order chi connectivity index (χ0) is 27.0. The molecule has 5 nitrogen and oxygen atoms in total. The summed E-state index contributed by atoms with van der Waals surface area (Å²) in [6.07, 6.45) is 5.59. The van der Waals surface area contributed by atoms with Crippen molar-refractivity contribution < 1.29 is 24.5 Å². The molecule has 0 aliphatic heterocycles. The van der Waals surface area contributed by atoms with Gasteiger partial charge in [-0.1, -0.05) is 60.9 Å². The Morgan fingerprint density at radius 2 is 1.65 bits per heavy atom. The summed E-state index contributed by atoms with van der Waals surface area (Å²) in [4.78, 5) is 13.4. The van der Waals surface area contributed by atoms with Gasteiger partial charge in [-0.05, 0) is 23.0 Å². The molecule has 1 radical (unpaired) electrons. The molecule has 0 aliphatic carbocycles. The molecule has 40 heavy (non-hydrogen) atoms. The fourth-order valence-electron chi connectivity index (χ4n) is 4.66. The van der Waals surface area contributed by atoms with E-state index in [1.54, 1.807) is 6.20 Å². The van der Waals surface area contributed by atoms with Gasteiger partial charge in [0.15, 0.2) is 0 Å². The number of para-hydroxylation sites is 1. The number of aryl methyl sites for hydroxylation is 1. The van der Waals surface area contributed by atoms with Gasteiger partial charge >= 0.3 is 0 Å².